The molecular weight excluding hydrogens is 346 g/mol. The minimum Gasteiger partial charge on any atom is -0.348 e. The van der Waals surface area contributed by atoms with Gasteiger partial charge < -0.3 is 9.80 Å². The van der Waals surface area contributed by atoms with E-state index >= 15 is 0 Å². The molecule has 1 aliphatic heterocycles. The summed E-state index contributed by atoms with van der Waals surface area (Å²) in [5.74, 6) is 0.437. The van der Waals surface area contributed by atoms with E-state index in [1.54, 1.807) is 26.9 Å². The van der Waals surface area contributed by atoms with E-state index < -0.39 is 0 Å². The molecule has 0 saturated carbocycles. The maximum Gasteiger partial charge on any atom is 0.255 e. The molecule has 4 rings (SSSR count). The molecule has 1 aliphatic rings. The van der Waals surface area contributed by atoms with E-state index in [0.717, 1.165) is 16.7 Å². The molecule has 140 valence electrons. The van der Waals surface area contributed by atoms with E-state index in [2.05, 4.69) is 20.1 Å². The highest BCUT2D eigenvalue weighted by Gasteiger charge is 2.23. The number of hydrogen-bond acceptors (Lipinski definition) is 6. The number of H-pyrrole nitrogens is 1. The van der Waals surface area contributed by atoms with Crippen molar-refractivity contribution in [3.05, 3.63) is 45.6 Å². The van der Waals surface area contributed by atoms with Crippen molar-refractivity contribution < 1.29 is 4.79 Å². The Kier molecular flexibility index (Phi) is 4.14. The number of rotatable bonds is 2. The molecule has 0 bridgehead atoms. The fourth-order valence-electron chi connectivity index (χ4n) is 3.34. The van der Waals surface area contributed by atoms with Crippen LogP contribution in [0.15, 0.2) is 23.3 Å². The van der Waals surface area contributed by atoms with Gasteiger partial charge in [-0.25, -0.2) is 4.98 Å². The third-order valence-corrected chi connectivity index (χ3v) is 4.90. The number of aromatic nitrogens is 5. The predicted octanol–water partition coefficient (Wildman–Crippen LogP) is 0.359. The summed E-state index contributed by atoms with van der Waals surface area (Å²) in [6.45, 7) is 0.986. The van der Waals surface area contributed by atoms with Gasteiger partial charge in [-0.2, -0.15) is 5.10 Å². The van der Waals surface area contributed by atoms with E-state index in [0.29, 0.717) is 43.0 Å². The third-order valence-electron chi connectivity index (χ3n) is 4.90. The molecule has 0 radical (unpaired) electrons. The normalized spacial score (nSPS) is 14.1. The monoisotopic (exact) mass is 367 g/mol. The average Bonchev–Trinajstić information content (AvgIpc) is 2.88. The second-order valence-electron chi connectivity index (χ2n) is 6.90. The van der Waals surface area contributed by atoms with Crippen LogP contribution < -0.4 is 10.5 Å². The molecule has 4 heterocycles. The van der Waals surface area contributed by atoms with Crippen LogP contribution in [0.25, 0.3) is 11.0 Å². The second-order valence-corrected chi connectivity index (χ2v) is 6.90. The number of hydrogen-bond donors (Lipinski definition) is 1. The van der Waals surface area contributed by atoms with Crippen molar-refractivity contribution in [1.29, 1.82) is 0 Å². The Bertz CT molecular complexity index is 1080. The lowest BCUT2D eigenvalue weighted by atomic mass is 10.1. The van der Waals surface area contributed by atoms with Crippen molar-refractivity contribution in [2.24, 2.45) is 7.05 Å². The quantitative estimate of drug-likeness (QED) is 0.702. The Morgan fingerprint density at radius 1 is 1.22 bits per heavy atom. The van der Waals surface area contributed by atoms with Gasteiger partial charge in [0.2, 0.25) is 5.95 Å². The van der Waals surface area contributed by atoms with Crippen molar-refractivity contribution in [3.63, 3.8) is 0 Å². The van der Waals surface area contributed by atoms with Gasteiger partial charge in [0.05, 0.1) is 23.0 Å². The lowest BCUT2D eigenvalue weighted by Crippen LogP contribution is -2.33. The Balaban J connectivity index is 1.60. The topological polar surface area (TPSA) is 100 Å². The molecular formula is C18H21N7O2. The first-order chi connectivity index (χ1) is 12.9. The zero-order chi connectivity index (χ0) is 19.1. The number of nitrogens with zero attached hydrogens (tertiary/aromatic N) is 6. The largest absolute Gasteiger partial charge is 0.348 e. The second kappa shape index (κ2) is 6.49. The molecule has 3 aromatic rings. The molecule has 0 aliphatic carbocycles. The van der Waals surface area contributed by atoms with Crippen LogP contribution in [0.1, 0.15) is 21.6 Å². The van der Waals surface area contributed by atoms with Gasteiger partial charge in [0.1, 0.15) is 5.52 Å². The molecule has 9 heteroatoms. The fourth-order valence-corrected chi connectivity index (χ4v) is 3.34. The minimum atomic E-state index is -0.129. The summed E-state index contributed by atoms with van der Waals surface area (Å²) in [5.41, 5.74) is 3.38. The Hall–Kier alpha value is -3.23. The Morgan fingerprint density at radius 3 is 2.78 bits per heavy atom. The molecule has 1 N–H and O–H groups in total. The molecule has 27 heavy (non-hydrogen) atoms. The van der Waals surface area contributed by atoms with Gasteiger partial charge in [-0.1, -0.05) is 0 Å². The van der Waals surface area contributed by atoms with Gasteiger partial charge in [0.15, 0.2) is 0 Å². The van der Waals surface area contributed by atoms with Gasteiger partial charge in [0, 0.05) is 52.4 Å². The number of anilines is 1. The average molecular weight is 367 g/mol. The zero-order valence-corrected chi connectivity index (χ0v) is 15.6. The van der Waals surface area contributed by atoms with E-state index in [-0.39, 0.29) is 11.5 Å². The van der Waals surface area contributed by atoms with Gasteiger partial charge >= 0.3 is 0 Å². The zero-order valence-electron chi connectivity index (χ0n) is 15.6. The number of fused-ring (bicyclic) bond motifs is 2. The van der Waals surface area contributed by atoms with Crippen LogP contribution >= 0.6 is 0 Å². The number of pyridine rings is 1. The van der Waals surface area contributed by atoms with Crippen LogP contribution in [-0.4, -0.2) is 62.7 Å². The molecule has 0 saturated heterocycles. The molecule has 1 amide bonds. The minimum absolute atomic E-state index is 0.0948. The first-order valence-electron chi connectivity index (χ1n) is 8.80. The van der Waals surface area contributed by atoms with Crippen LogP contribution in [0.4, 0.5) is 5.95 Å². The SMILES string of the molecule is CN(C)c1nc2c(c(=O)[nH]1)CCN(C(=O)c1cnc3cnn(C)c3c1)CC2. The molecule has 9 nitrogen and oxygen atoms in total. The molecule has 0 atom stereocenters. The van der Waals surface area contributed by atoms with Gasteiger partial charge in [0.25, 0.3) is 11.5 Å². The van der Waals surface area contributed by atoms with Crippen LogP contribution in [-0.2, 0) is 19.9 Å². The highest BCUT2D eigenvalue weighted by atomic mass is 16.2. The lowest BCUT2D eigenvalue weighted by Gasteiger charge is -2.20. The van der Waals surface area contributed by atoms with E-state index in [9.17, 15) is 9.59 Å². The highest BCUT2D eigenvalue weighted by molar-refractivity contribution is 5.96. The number of aryl methyl sites for hydroxylation is 1. The highest BCUT2D eigenvalue weighted by Crippen LogP contribution is 2.17. The first kappa shape index (κ1) is 17.2. The summed E-state index contributed by atoms with van der Waals surface area (Å²) in [6.07, 6.45) is 4.29. The van der Waals surface area contributed by atoms with Gasteiger partial charge in [-0.15, -0.1) is 0 Å². The van der Waals surface area contributed by atoms with Crippen LogP contribution in [0, 0.1) is 0 Å². The molecule has 3 aromatic heterocycles. The summed E-state index contributed by atoms with van der Waals surface area (Å²) in [6, 6.07) is 1.81. The van der Waals surface area contributed by atoms with Crippen LogP contribution in [0.3, 0.4) is 0 Å². The maximum atomic E-state index is 13.0. The number of carbonyl (C=O) groups excluding carboxylic acids is 1. The van der Waals surface area contributed by atoms with E-state index in [1.165, 1.54) is 0 Å². The summed E-state index contributed by atoms with van der Waals surface area (Å²) in [7, 11) is 5.48. The maximum absolute atomic E-state index is 13.0. The van der Waals surface area contributed by atoms with Crippen LogP contribution in [0.5, 0.6) is 0 Å². The van der Waals surface area contributed by atoms with Gasteiger partial charge in [-0.3, -0.25) is 24.2 Å². The van der Waals surface area contributed by atoms with Crippen molar-refractivity contribution in [2.75, 3.05) is 32.1 Å². The van der Waals surface area contributed by atoms with Crippen molar-refractivity contribution in [3.8, 4) is 0 Å². The van der Waals surface area contributed by atoms with E-state index in [4.69, 9.17) is 0 Å². The van der Waals surface area contributed by atoms with Gasteiger partial charge in [-0.05, 0) is 12.5 Å². The molecule has 0 unspecified atom stereocenters. The molecule has 0 spiro atoms. The smallest absolute Gasteiger partial charge is 0.255 e. The fraction of sp³-hybridized carbons (Fsp3) is 0.389. The number of aromatic amines is 1. The summed E-state index contributed by atoms with van der Waals surface area (Å²) in [5, 5.41) is 4.16. The summed E-state index contributed by atoms with van der Waals surface area (Å²) < 4.78 is 1.70. The van der Waals surface area contributed by atoms with E-state index in [1.807, 2.05) is 27.2 Å². The first-order valence-corrected chi connectivity index (χ1v) is 8.80. The van der Waals surface area contributed by atoms with Crippen LogP contribution in [0.2, 0.25) is 0 Å². The predicted molar refractivity (Wildman–Crippen MR) is 101 cm³/mol. The number of carbonyl (C=O) groups is 1. The summed E-state index contributed by atoms with van der Waals surface area (Å²) in [4.78, 5) is 40.6. The number of amides is 1. The van der Waals surface area contributed by atoms with Crippen molar-refractivity contribution in [1.82, 2.24) is 29.6 Å². The third kappa shape index (κ3) is 3.05. The standard InChI is InChI=1S/C18H21N7O2/c1-23(2)18-21-13-5-7-25(6-4-12(13)16(26)22-18)17(27)11-8-15-14(19-9-11)10-20-24(15)3/h8-10H,4-7H2,1-3H3,(H,21,22,26). The van der Waals surface area contributed by atoms with Crippen molar-refractivity contribution >= 4 is 22.9 Å². The van der Waals surface area contributed by atoms with Crippen molar-refractivity contribution in [2.45, 2.75) is 12.8 Å². The number of nitrogens with one attached hydrogen (secondary N) is 1. The summed E-state index contributed by atoms with van der Waals surface area (Å²) >= 11 is 0. The molecule has 0 fully saturated rings. The molecule has 0 aromatic carbocycles. The Labute approximate surface area is 155 Å². The Morgan fingerprint density at radius 2 is 2.00 bits per heavy atom. The lowest BCUT2D eigenvalue weighted by molar-refractivity contribution is 0.0762.